The van der Waals surface area contributed by atoms with E-state index in [0.717, 1.165) is 6.33 Å². The minimum Gasteiger partial charge on any atom is -0.471 e. The van der Waals surface area contributed by atoms with Crippen LogP contribution in [0.1, 0.15) is 26.5 Å². The fourth-order valence-corrected chi connectivity index (χ4v) is 4.06. The van der Waals surface area contributed by atoms with Gasteiger partial charge in [-0.15, -0.1) is 10.3 Å². The summed E-state index contributed by atoms with van der Waals surface area (Å²) in [5.74, 6) is -4.59. The van der Waals surface area contributed by atoms with E-state index in [1.807, 2.05) is 6.07 Å². The van der Waals surface area contributed by atoms with Gasteiger partial charge < -0.3 is 9.29 Å². The zero-order valence-electron chi connectivity index (χ0n) is 18.0. The Morgan fingerprint density at radius 3 is 2.42 bits per heavy atom. The van der Waals surface area contributed by atoms with Crippen molar-refractivity contribution in [3.8, 4) is 23.2 Å². The summed E-state index contributed by atoms with van der Waals surface area (Å²) >= 11 is 0. The largest absolute Gasteiger partial charge is 0.471 e. The second-order valence-electron chi connectivity index (χ2n) is 7.81. The molecule has 3 heterocycles. The first-order valence-corrected chi connectivity index (χ1v) is 11.7. The lowest BCUT2D eigenvalue weighted by Crippen LogP contribution is -2.34. The van der Waals surface area contributed by atoms with Crippen LogP contribution >= 0.6 is 10.3 Å². The van der Waals surface area contributed by atoms with Crippen molar-refractivity contribution in [2.75, 3.05) is 12.0 Å². The molecular weight excluding hydrogens is 469 g/mol. The van der Waals surface area contributed by atoms with E-state index >= 15 is 0 Å². The van der Waals surface area contributed by atoms with Crippen LogP contribution in [-0.2, 0) is 5.92 Å². The van der Waals surface area contributed by atoms with Crippen molar-refractivity contribution in [3.05, 3.63) is 36.5 Å². The number of nitrogens with zero attached hydrogens (tertiary/aromatic N) is 5. The van der Waals surface area contributed by atoms with Gasteiger partial charge in [0.25, 0.3) is 0 Å². The number of alkyl halides is 5. The SMILES string of the molecule is CCS(C)(O)c1cc(OC(C)(C)C#N)cnc1-c1cn2cnc(C(F)(F)C(F)(F)F)cc2n1. The van der Waals surface area contributed by atoms with Gasteiger partial charge in [-0.1, -0.05) is 6.92 Å². The highest BCUT2D eigenvalue weighted by atomic mass is 32.3. The second-order valence-corrected chi connectivity index (χ2v) is 10.9. The Kier molecular flexibility index (Phi) is 6.06. The molecule has 0 amide bonds. The van der Waals surface area contributed by atoms with E-state index in [9.17, 15) is 31.8 Å². The van der Waals surface area contributed by atoms with E-state index < -0.39 is 33.7 Å². The van der Waals surface area contributed by atoms with Gasteiger partial charge in [0.05, 0.1) is 6.20 Å². The van der Waals surface area contributed by atoms with Crippen molar-refractivity contribution in [2.24, 2.45) is 0 Å². The predicted molar refractivity (Wildman–Crippen MR) is 111 cm³/mol. The van der Waals surface area contributed by atoms with Crippen molar-refractivity contribution in [1.82, 2.24) is 19.4 Å². The molecule has 0 fully saturated rings. The average Bonchev–Trinajstić information content (AvgIpc) is 3.15. The predicted octanol–water partition coefficient (Wildman–Crippen LogP) is 5.41. The summed E-state index contributed by atoms with van der Waals surface area (Å²) in [7, 11) is -2.41. The molecule has 0 aromatic carbocycles. The molecule has 178 valence electrons. The molecule has 1 unspecified atom stereocenters. The van der Waals surface area contributed by atoms with Gasteiger partial charge in [-0.2, -0.15) is 27.2 Å². The lowest BCUT2D eigenvalue weighted by atomic mass is 10.2. The van der Waals surface area contributed by atoms with Gasteiger partial charge in [0.2, 0.25) is 0 Å². The number of rotatable bonds is 6. The maximum absolute atomic E-state index is 13.7. The van der Waals surface area contributed by atoms with Gasteiger partial charge in [0.15, 0.2) is 5.60 Å². The van der Waals surface area contributed by atoms with E-state index in [2.05, 4.69) is 15.0 Å². The van der Waals surface area contributed by atoms with Crippen LogP contribution in [0.3, 0.4) is 0 Å². The van der Waals surface area contributed by atoms with Crippen LogP contribution in [0.25, 0.3) is 17.0 Å². The molecule has 0 aliphatic carbocycles. The van der Waals surface area contributed by atoms with Gasteiger partial charge in [-0.25, -0.2) is 15.0 Å². The van der Waals surface area contributed by atoms with Gasteiger partial charge in [0.1, 0.15) is 40.9 Å². The number of pyridine rings is 1. The lowest BCUT2D eigenvalue weighted by Gasteiger charge is -2.30. The van der Waals surface area contributed by atoms with Crippen molar-refractivity contribution < 1.29 is 31.2 Å². The van der Waals surface area contributed by atoms with Crippen LogP contribution in [0.5, 0.6) is 5.75 Å². The molecule has 3 aromatic rings. The third-order valence-electron chi connectivity index (χ3n) is 4.77. The monoisotopic (exact) mass is 489 g/mol. The van der Waals surface area contributed by atoms with Gasteiger partial charge in [0, 0.05) is 17.2 Å². The normalized spacial score (nSPS) is 15.7. The summed E-state index contributed by atoms with van der Waals surface area (Å²) in [4.78, 5) is 12.0. The standard InChI is InChI=1S/C20H20F5N5O2S/c1-5-33(4,31)14-6-12(32-18(2,3)10-26)8-27-17(14)13-9-30-11-28-15(7-16(30)29-13)19(21,22)20(23,24)25/h6-9,11,31H,5H2,1-4H3. The van der Waals surface area contributed by atoms with Crippen LogP contribution in [0.4, 0.5) is 22.0 Å². The number of nitriles is 1. The summed E-state index contributed by atoms with van der Waals surface area (Å²) in [6, 6.07) is 4.05. The summed E-state index contributed by atoms with van der Waals surface area (Å²) in [6.45, 7) is 4.86. The third-order valence-corrected chi connectivity index (χ3v) is 7.16. The fraction of sp³-hybridized carbons (Fsp3) is 0.400. The average molecular weight is 489 g/mol. The van der Waals surface area contributed by atoms with E-state index in [0.29, 0.717) is 16.7 Å². The van der Waals surface area contributed by atoms with Crippen molar-refractivity contribution in [3.63, 3.8) is 0 Å². The number of ether oxygens (including phenoxy) is 1. The van der Waals surface area contributed by atoms with Crippen LogP contribution in [-0.4, -0.2) is 47.7 Å². The van der Waals surface area contributed by atoms with Gasteiger partial charge in [-0.05, 0) is 31.9 Å². The Hall–Kier alpha value is -2.98. The molecule has 1 N–H and O–H groups in total. The Balaban J connectivity index is 2.13. The highest BCUT2D eigenvalue weighted by Gasteiger charge is 2.60. The number of halogens is 5. The molecule has 1 atom stereocenters. The number of hydrogen-bond acceptors (Lipinski definition) is 6. The van der Waals surface area contributed by atoms with E-state index in [1.54, 1.807) is 27.0 Å². The zero-order chi connectivity index (χ0) is 24.8. The maximum Gasteiger partial charge on any atom is 0.459 e. The van der Waals surface area contributed by atoms with Crippen LogP contribution in [0.15, 0.2) is 35.7 Å². The molecule has 0 radical (unpaired) electrons. The third kappa shape index (κ3) is 4.72. The molecule has 3 aromatic heterocycles. The van der Waals surface area contributed by atoms with E-state index in [4.69, 9.17) is 4.74 Å². The van der Waals surface area contributed by atoms with E-state index in [-0.39, 0.29) is 22.8 Å². The quantitative estimate of drug-likeness (QED) is 0.465. The Morgan fingerprint density at radius 2 is 1.85 bits per heavy atom. The Bertz CT molecular complexity index is 1230. The summed E-state index contributed by atoms with van der Waals surface area (Å²) in [5.41, 5.74) is -2.52. The Labute approximate surface area is 187 Å². The molecule has 0 saturated carbocycles. The molecule has 0 aliphatic rings. The number of aromatic nitrogens is 4. The molecule has 0 aliphatic heterocycles. The summed E-state index contributed by atoms with van der Waals surface area (Å²) in [5, 5.41) is 9.19. The molecule has 7 nitrogen and oxygen atoms in total. The molecular formula is C20H20F5N5O2S. The van der Waals surface area contributed by atoms with Crippen LogP contribution in [0, 0.1) is 11.3 Å². The number of fused-ring (bicyclic) bond motifs is 1. The van der Waals surface area contributed by atoms with Crippen molar-refractivity contribution in [1.29, 1.82) is 5.26 Å². The maximum atomic E-state index is 13.7. The summed E-state index contributed by atoms with van der Waals surface area (Å²) < 4.78 is 83.3. The summed E-state index contributed by atoms with van der Waals surface area (Å²) in [6.07, 6.45) is -0.730. The second kappa shape index (κ2) is 8.11. The van der Waals surface area contributed by atoms with Gasteiger partial charge >= 0.3 is 12.1 Å². The van der Waals surface area contributed by atoms with E-state index in [1.165, 1.54) is 22.9 Å². The number of imidazole rings is 1. The lowest BCUT2D eigenvalue weighted by molar-refractivity contribution is -0.290. The van der Waals surface area contributed by atoms with Crippen LogP contribution in [0.2, 0.25) is 0 Å². The molecule has 33 heavy (non-hydrogen) atoms. The minimum atomic E-state index is -5.81. The Morgan fingerprint density at radius 1 is 1.18 bits per heavy atom. The highest BCUT2D eigenvalue weighted by molar-refractivity contribution is 8.28. The minimum absolute atomic E-state index is 0.131. The molecule has 0 saturated heterocycles. The first kappa shape index (κ1) is 24.7. The smallest absolute Gasteiger partial charge is 0.459 e. The topological polar surface area (TPSA) is 96.3 Å². The number of hydrogen-bond donors (Lipinski definition) is 1. The highest BCUT2D eigenvalue weighted by Crippen LogP contribution is 2.52. The first-order chi connectivity index (χ1) is 15.1. The van der Waals surface area contributed by atoms with Crippen molar-refractivity contribution >= 4 is 16.0 Å². The van der Waals surface area contributed by atoms with Gasteiger partial charge in [-0.3, -0.25) is 4.40 Å². The first-order valence-electron chi connectivity index (χ1n) is 9.50. The zero-order valence-corrected chi connectivity index (χ0v) is 18.8. The molecule has 0 bridgehead atoms. The fourth-order valence-electron chi connectivity index (χ4n) is 2.81. The molecule has 0 spiro atoms. The molecule has 13 heteroatoms. The van der Waals surface area contributed by atoms with Crippen molar-refractivity contribution in [2.45, 2.75) is 43.4 Å². The van der Waals surface area contributed by atoms with Crippen LogP contribution < -0.4 is 4.74 Å². The molecule has 3 rings (SSSR count).